The summed E-state index contributed by atoms with van der Waals surface area (Å²) in [5.41, 5.74) is -0.214. The Hall–Kier alpha value is -2.70. The summed E-state index contributed by atoms with van der Waals surface area (Å²) in [6, 6.07) is 6.93. The highest BCUT2D eigenvalue weighted by Crippen LogP contribution is 2.18. The molecule has 1 saturated carbocycles. The lowest BCUT2D eigenvalue weighted by molar-refractivity contribution is -0.129. The summed E-state index contributed by atoms with van der Waals surface area (Å²) in [5.74, 6) is -1.02. The van der Waals surface area contributed by atoms with Gasteiger partial charge in [-0.05, 0) is 32.8 Å². The van der Waals surface area contributed by atoms with Crippen molar-refractivity contribution in [3.63, 3.8) is 0 Å². The van der Waals surface area contributed by atoms with Gasteiger partial charge >= 0.3 is 5.97 Å². The van der Waals surface area contributed by atoms with Gasteiger partial charge in [-0.2, -0.15) is 5.10 Å². The molecule has 0 bridgehead atoms. The van der Waals surface area contributed by atoms with Gasteiger partial charge in [-0.3, -0.25) is 9.59 Å². The average Bonchev–Trinajstić information content (AvgIpc) is 3.15. The summed E-state index contributed by atoms with van der Waals surface area (Å²) < 4.78 is 6.55. The molecule has 0 saturated heterocycles. The number of benzene rings is 1. The van der Waals surface area contributed by atoms with Crippen molar-refractivity contribution in [3.8, 4) is 0 Å². The number of ether oxygens (including phenoxy) is 1. The quantitative estimate of drug-likeness (QED) is 0.827. The van der Waals surface area contributed by atoms with Gasteiger partial charge in [-0.15, -0.1) is 0 Å². The van der Waals surface area contributed by atoms with Crippen LogP contribution in [0.4, 0.5) is 0 Å². The van der Waals surface area contributed by atoms with Gasteiger partial charge < -0.3 is 10.1 Å². The van der Waals surface area contributed by atoms with E-state index in [2.05, 4.69) is 10.4 Å². The fourth-order valence-corrected chi connectivity index (χ4v) is 3.26. The lowest BCUT2D eigenvalue weighted by Crippen LogP contribution is -2.41. The number of hydrogen-bond donors (Lipinski definition) is 1. The normalized spacial score (nSPS) is 15.8. The maximum Gasteiger partial charge on any atom is 0.360 e. The first-order valence-electron chi connectivity index (χ1n) is 9.02. The van der Waals surface area contributed by atoms with Crippen molar-refractivity contribution in [2.24, 2.45) is 0 Å². The molecule has 0 spiro atoms. The Morgan fingerprint density at radius 2 is 1.92 bits per heavy atom. The second-order valence-electron chi connectivity index (χ2n) is 6.55. The van der Waals surface area contributed by atoms with Gasteiger partial charge in [0.1, 0.15) is 0 Å². The van der Waals surface area contributed by atoms with E-state index in [4.69, 9.17) is 4.74 Å². The molecule has 1 atom stereocenters. The molecule has 138 valence electrons. The number of esters is 1. The first kappa shape index (κ1) is 18.1. The molecule has 3 rings (SSSR count). The Bertz CT molecular complexity index is 884. The van der Waals surface area contributed by atoms with Crippen LogP contribution in [-0.2, 0) is 16.1 Å². The second kappa shape index (κ2) is 7.68. The minimum Gasteiger partial charge on any atom is -0.448 e. The predicted octanol–water partition coefficient (Wildman–Crippen LogP) is 2.02. The maximum absolute atomic E-state index is 12.6. The van der Waals surface area contributed by atoms with Gasteiger partial charge in [0.15, 0.2) is 11.8 Å². The van der Waals surface area contributed by atoms with Crippen molar-refractivity contribution in [3.05, 3.63) is 40.3 Å². The van der Waals surface area contributed by atoms with Crippen LogP contribution in [0.2, 0.25) is 0 Å². The molecule has 1 aromatic heterocycles. The zero-order valence-corrected chi connectivity index (χ0v) is 15.0. The number of hydrogen-bond acceptors (Lipinski definition) is 5. The molecule has 1 aliphatic rings. The summed E-state index contributed by atoms with van der Waals surface area (Å²) in [6.45, 7) is 3.65. The lowest BCUT2D eigenvalue weighted by Gasteiger charge is -2.17. The summed E-state index contributed by atoms with van der Waals surface area (Å²) >= 11 is 0. The monoisotopic (exact) mass is 357 g/mol. The highest BCUT2D eigenvalue weighted by molar-refractivity contribution is 6.02. The van der Waals surface area contributed by atoms with Gasteiger partial charge in [-0.25, -0.2) is 9.48 Å². The molecule has 1 unspecified atom stereocenters. The molecule has 0 radical (unpaired) electrons. The maximum atomic E-state index is 12.6. The second-order valence-corrected chi connectivity index (χ2v) is 6.55. The van der Waals surface area contributed by atoms with Crippen LogP contribution in [-0.4, -0.2) is 33.8 Å². The van der Waals surface area contributed by atoms with E-state index < -0.39 is 12.1 Å². The molecule has 1 aromatic carbocycles. The van der Waals surface area contributed by atoms with E-state index in [9.17, 15) is 14.4 Å². The van der Waals surface area contributed by atoms with Crippen LogP contribution in [0.15, 0.2) is 29.1 Å². The Labute approximate surface area is 151 Å². The largest absolute Gasteiger partial charge is 0.448 e. The summed E-state index contributed by atoms with van der Waals surface area (Å²) in [6.07, 6.45) is 3.20. The number of amides is 1. The van der Waals surface area contributed by atoms with E-state index >= 15 is 0 Å². The van der Waals surface area contributed by atoms with Crippen LogP contribution in [0.25, 0.3) is 10.8 Å². The molecule has 1 N–H and O–H groups in total. The molecule has 1 amide bonds. The van der Waals surface area contributed by atoms with Crippen LogP contribution in [0.1, 0.15) is 50.0 Å². The van der Waals surface area contributed by atoms with Crippen molar-refractivity contribution in [2.75, 3.05) is 0 Å². The van der Waals surface area contributed by atoms with E-state index in [0.29, 0.717) is 17.3 Å². The minimum absolute atomic E-state index is 0.0440. The Morgan fingerprint density at radius 3 is 2.58 bits per heavy atom. The van der Waals surface area contributed by atoms with Gasteiger partial charge in [0.05, 0.1) is 5.39 Å². The number of nitrogens with one attached hydrogen (secondary N) is 1. The number of nitrogens with zero attached hydrogens (tertiary/aromatic N) is 2. The number of carbonyl (C=O) groups is 2. The van der Waals surface area contributed by atoms with Gasteiger partial charge in [-0.1, -0.05) is 31.0 Å². The average molecular weight is 357 g/mol. The van der Waals surface area contributed by atoms with Gasteiger partial charge in [0.25, 0.3) is 11.5 Å². The van der Waals surface area contributed by atoms with Crippen molar-refractivity contribution < 1.29 is 14.3 Å². The third kappa shape index (κ3) is 3.61. The van der Waals surface area contributed by atoms with Gasteiger partial charge in [0.2, 0.25) is 0 Å². The molecular formula is C19H23N3O4. The van der Waals surface area contributed by atoms with Crippen molar-refractivity contribution in [2.45, 2.75) is 58.2 Å². The number of fused-ring (bicyclic) bond motifs is 1. The van der Waals surface area contributed by atoms with E-state index in [1.807, 2.05) is 0 Å². The minimum atomic E-state index is -0.925. The number of aromatic nitrogens is 2. The highest BCUT2D eigenvalue weighted by Gasteiger charge is 2.25. The van der Waals surface area contributed by atoms with Crippen LogP contribution in [0, 0.1) is 0 Å². The molecule has 7 heteroatoms. The fourth-order valence-electron chi connectivity index (χ4n) is 3.26. The topological polar surface area (TPSA) is 90.3 Å². The first-order valence-corrected chi connectivity index (χ1v) is 9.02. The highest BCUT2D eigenvalue weighted by atomic mass is 16.5. The Balaban J connectivity index is 1.82. The molecule has 1 fully saturated rings. The first-order chi connectivity index (χ1) is 12.5. The third-order valence-corrected chi connectivity index (χ3v) is 4.72. The van der Waals surface area contributed by atoms with Crippen molar-refractivity contribution >= 4 is 22.6 Å². The fraction of sp³-hybridized carbons (Fsp3) is 0.474. The van der Waals surface area contributed by atoms with Crippen molar-refractivity contribution in [1.82, 2.24) is 15.1 Å². The molecular weight excluding hydrogens is 334 g/mol. The Kier molecular flexibility index (Phi) is 5.35. The molecule has 7 nitrogen and oxygen atoms in total. The molecule has 0 aliphatic heterocycles. The summed E-state index contributed by atoms with van der Waals surface area (Å²) in [7, 11) is 0. The van der Waals surface area contributed by atoms with Crippen LogP contribution in [0.3, 0.4) is 0 Å². The van der Waals surface area contributed by atoms with Crippen molar-refractivity contribution in [1.29, 1.82) is 0 Å². The van der Waals surface area contributed by atoms with E-state index in [0.717, 1.165) is 25.7 Å². The van der Waals surface area contributed by atoms with E-state index in [-0.39, 0.29) is 23.2 Å². The lowest BCUT2D eigenvalue weighted by atomic mass is 10.1. The number of carbonyl (C=O) groups excluding carboxylic acids is 2. The summed E-state index contributed by atoms with van der Waals surface area (Å²) in [4.78, 5) is 37.2. The van der Waals surface area contributed by atoms with Crippen LogP contribution in [0.5, 0.6) is 0 Å². The molecule has 2 aromatic rings. The van der Waals surface area contributed by atoms with Crippen LogP contribution < -0.4 is 10.9 Å². The molecule has 1 heterocycles. The number of aryl methyl sites for hydroxylation is 1. The SMILES string of the molecule is CCn1nc(C(=O)OC(C)C(=O)NC2CCCC2)c2ccccc2c1=O. The zero-order valence-electron chi connectivity index (χ0n) is 15.0. The third-order valence-electron chi connectivity index (χ3n) is 4.72. The van der Waals surface area contributed by atoms with Gasteiger partial charge in [0, 0.05) is 18.0 Å². The summed E-state index contributed by atoms with van der Waals surface area (Å²) in [5, 5.41) is 7.87. The zero-order chi connectivity index (χ0) is 18.7. The smallest absolute Gasteiger partial charge is 0.360 e. The van der Waals surface area contributed by atoms with Crippen LogP contribution >= 0.6 is 0 Å². The standard InChI is InChI=1S/C19H23N3O4/c1-3-22-18(24)15-11-7-6-10-14(15)16(21-22)19(25)26-12(2)17(23)20-13-8-4-5-9-13/h6-7,10-13H,3-5,8-9H2,1-2H3,(H,20,23). The molecule has 26 heavy (non-hydrogen) atoms. The van der Waals surface area contributed by atoms with E-state index in [1.54, 1.807) is 38.1 Å². The predicted molar refractivity (Wildman–Crippen MR) is 97.0 cm³/mol. The Morgan fingerprint density at radius 1 is 1.27 bits per heavy atom. The van der Waals surface area contributed by atoms with E-state index in [1.165, 1.54) is 4.68 Å². The molecule has 1 aliphatic carbocycles. The number of rotatable bonds is 5.